The van der Waals surface area contributed by atoms with Gasteiger partial charge in [-0.25, -0.2) is 4.79 Å². The molecule has 2 aromatic rings. The fraction of sp³-hybridized carbons (Fsp3) is 0.280. The van der Waals surface area contributed by atoms with Crippen molar-refractivity contribution in [2.75, 3.05) is 14.2 Å². The lowest BCUT2D eigenvalue weighted by Crippen LogP contribution is -2.31. The van der Waals surface area contributed by atoms with E-state index in [9.17, 15) is 9.59 Å². The topological polar surface area (TPSA) is 97.1 Å². The van der Waals surface area contributed by atoms with Gasteiger partial charge in [-0.1, -0.05) is 35.9 Å². The SMILES string of the molecule is COC(=O)C1=C(N)OC2=C(C(=O)CCC2)[C@H]1c1ccc(OCc2ccccc2Cl)c(OC)c1. The summed E-state index contributed by atoms with van der Waals surface area (Å²) in [6.45, 7) is 0.251. The third-order valence-corrected chi connectivity index (χ3v) is 6.12. The zero-order chi connectivity index (χ0) is 23.5. The average Bonchev–Trinajstić information content (AvgIpc) is 2.82. The number of rotatable bonds is 6. The van der Waals surface area contributed by atoms with Gasteiger partial charge in [-0.3, -0.25) is 4.79 Å². The highest BCUT2D eigenvalue weighted by Crippen LogP contribution is 2.45. The van der Waals surface area contributed by atoms with E-state index in [0.717, 1.165) is 5.56 Å². The van der Waals surface area contributed by atoms with Crippen molar-refractivity contribution in [3.63, 3.8) is 0 Å². The van der Waals surface area contributed by atoms with Crippen molar-refractivity contribution >= 4 is 23.4 Å². The number of esters is 1. The van der Waals surface area contributed by atoms with Crippen LogP contribution < -0.4 is 15.2 Å². The number of allylic oxidation sites excluding steroid dienone is 2. The molecule has 4 rings (SSSR count). The molecule has 0 saturated carbocycles. The van der Waals surface area contributed by atoms with E-state index in [1.165, 1.54) is 14.2 Å². The Labute approximate surface area is 196 Å². The molecule has 0 radical (unpaired) electrons. The average molecular weight is 470 g/mol. The predicted molar refractivity (Wildman–Crippen MR) is 122 cm³/mol. The van der Waals surface area contributed by atoms with Crippen molar-refractivity contribution in [3.05, 3.63) is 81.4 Å². The van der Waals surface area contributed by atoms with Crippen molar-refractivity contribution in [1.82, 2.24) is 0 Å². The maximum atomic E-state index is 12.9. The Morgan fingerprint density at radius 1 is 1.15 bits per heavy atom. The highest BCUT2D eigenvalue weighted by Gasteiger charge is 2.41. The lowest BCUT2D eigenvalue weighted by atomic mass is 9.77. The molecule has 33 heavy (non-hydrogen) atoms. The summed E-state index contributed by atoms with van der Waals surface area (Å²) < 4.78 is 22.1. The van der Waals surface area contributed by atoms with E-state index in [4.69, 9.17) is 36.3 Å². The fourth-order valence-corrected chi connectivity index (χ4v) is 4.34. The van der Waals surface area contributed by atoms with Crippen molar-refractivity contribution in [2.45, 2.75) is 31.8 Å². The fourth-order valence-electron chi connectivity index (χ4n) is 4.15. The van der Waals surface area contributed by atoms with Gasteiger partial charge in [-0.2, -0.15) is 0 Å². The van der Waals surface area contributed by atoms with Crippen LogP contribution in [0.15, 0.2) is 65.3 Å². The molecule has 0 saturated heterocycles. The number of ether oxygens (including phenoxy) is 4. The summed E-state index contributed by atoms with van der Waals surface area (Å²) in [7, 11) is 2.78. The molecule has 2 aromatic carbocycles. The molecular weight excluding hydrogens is 446 g/mol. The minimum Gasteiger partial charge on any atom is -0.493 e. The van der Waals surface area contributed by atoms with Crippen LogP contribution in [0.25, 0.3) is 0 Å². The van der Waals surface area contributed by atoms with Gasteiger partial charge in [0.25, 0.3) is 0 Å². The number of halogens is 1. The number of nitrogens with two attached hydrogens (primary N) is 1. The second-order valence-electron chi connectivity index (χ2n) is 7.71. The van der Waals surface area contributed by atoms with Gasteiger partial charge in [0.1, 0.15) is 17.9 Å². The molecular formula is C25H24ClNO6. The summed E-state index contributed by atoms with van der Waals surface area (Å²) in [5.74, 6) is -0.0694. The molecule has 8 heteroatoms. The van der Waals surface area contributed by atoms with Crippen molar-refractivity contribution in [1.29, 1.82) is 0 Å². The largest absolute Gasteiger partial charge is 0.493 e. The third-order valence-electron chi connectivity index (χ3n) is 5.75. The smallest absolute Gasteiger partial charge is 0.340 e. The van der Waals surface area contributed by atoms with Gasteiger partial charge >= 0.3 is 5.97 Å². The van der Waals surface area contributed by atoms with Crippen LogP contribution >= 0.6 is 11.6 Å². The van der Waals surface area contributed by atoms with E-state index < -0.39 is 11.9 Å². The molecule has 1 heterocycles. The lowest BCUT2D eigenvalue weighted by molar-refractivity contribution is -0.136. The number of methoxy groups -OCH3 is 2. The highest BCUT2D eigenvalue weighted by molar-refractivity contribution is 6.31. The van der Waals surface area contributed by atoms with Crippen LogP contribution in [-0.4, -0.2) is 26.0 Å². The van der Waals surface area contributed by atoms with E-state index >= 15 is 0 Å². The molecule has 1 aliphatic carbocycles. The maximum Gasteiger partial charge on any atom is 0.340 e. The Morgan fingerprint density at radius 2 is 1.94 bits per heavy atom. The summed E-state index contributed by atoms with van der Waals surface area (Å²) in [5.41, 5.74) is 8.11. The van der Waals surface area contributed by atoms with Crippen LogP contribution in [0.2, 0.25) is 5.02 Å². The first-order valence-electron chi connectivity index (χ1n) is 10.5. The van der Waals surface area contributed by atoms with Crippen LogP contribution in [0.4, 0.5) is 0 Å². The molecule has 172 valence electrons. The minimum absolute atomic E-state index is 0.0571. The monoisotopic (exact) mass is 469 g/mol. The molecule has 0 aromatic heterocycles. The van der Waals surface area contributed by atoms with E-state index in [1.54, 1.807) is 24.3 Å². The lowest BCUT2D eigenvalue weighted by Gasteiger charge is -2.32. The van der Waals surface area contributed by atoms with Crippen molar-refractivity contribution in [2.24, 2.45) is 5.73 Å². The number of hydrogen-bond acceptors (Lipinski definition) is 7. The van der Waals surface area contributed by atoms with Gasteiger partial charge in [0.15, 0.2) is 17.3 Å². The molecule has 2 aliphatic rings. The van der Waals surface area contributed by atoms with Crippen LogP contribution in [0.5, 0.6) is 11.5 Å². The first kappa shape index (κ1) is 22.7. The number of carbonyl (C=O) groups excluding carboxylic acids is 2. The zero-order valence-corrected chi connectivity index (χ0v) is 19.1. The Bertz CT molecular complexity index is 1170. The van der Waals surface area contributed by atoms with Crippen LogP contribution in [0, 0.1) is 0 Å². The molecule has 1 atom stereocenters. The van der Waals surface area contributed by atoms with Gasteiger partial charge in [0.2, 0.25) is 5.88 Å². The van der Waals surface area contributed by atoms with Gasteiger partial charge < -0.3 is 24.7 Å². The van der Waals surface area contributed by atoms with Crippen LogP contribution in [0.1, 0.15) is 36.3 Å². The quantitative estimate of drug-likeness (QED) is 0.626. The van der Waals surface area contributed by atoms with Crippen molar-refractivity contribution < 1.29 is 28.5 Å². The molecule has 7 nitrogen and oxygen atoms in total. The molecule has 0 spiro atoms. The standard InChI is InChI=1S/C25H24ClNO6/c1-30-20-12-14(10-11-18(20)32-13-15-6-3-4-7-16(15)26)21-22-17(28)8-5-9-19(22)33-24(27)23(21)25(29)31-2/h3-4,6-7,10-12,21H,5,8-9,13,27H2,1-2H3/t21-/m1/s1. The Hall–Kier alpha value is -3.45. The zero-order valence-electron chi connectivity index (χ0n) is 18.4. The molecule has 0 unspecified atom stereocenters. The van der Waals surface area contributed by atoms with Gasteiger partial charge in [0.05, 0.1) is 20.1 Å². The third kappa shape index (κ3) is 4.41. The number of carbonyl (C=O) groups is 2. The predicted octanol–water partition coefficient (Wildman–Crippen LogP) is 4.39. The maximum absolute atomic E-state index is 12.9. The molecule has 2 N–H and O–H groups in total. The number of ketones is 1. The molecule has 0 fully saturated rings. The van der Waals surface area contributed by atoms with E-state index in [-0.39, 0.29) is 23.8 Å². The van der Waals surface area contributed by atoms with Gasteiger partial charge in [0, 0.05) is 29.0 Å². The van der Waals surface area contributed by atoms with E-state index in [0.29, 0.717) is 52.7 Å². The summed E-state index contributed by atoms with van der Waals surface area (Å²) in [5, 5.41) is 0.605. The van der Waals surface area contributed by atoms with Gasteiger partial charge in [-0.05, 0) is 30.2 Å². The number of hydrogen-bond donors (Lipinski definition) is 1. The second-order valence-corrected chi connectivity index (χ2v) is 8.12. The first-order chi connectivity index (χ1) is 15.9. The Morgan fingerprint density at radius 3 is 2.67 bits per heavy atom. The Kier molecular flexibility index (Phi) is 6.60. The number of benzene rings is 2. The summed E-state index contributed by atoms with van der Waals surface area (Å²) in [6.07, 6.45) is 1.62. The van der Waals surface area contributed by atoms with Crippen molar-refractivity contribution in [3.8, 4) is 11.5 Å². The van der Waals surface area contributed by atoms with Crippen LogP contribution in [0.3, 0.4) is 0 Å². The summed E-state index contributed by atoms with van der Waals surface area (Å²) >= 11 is 6.22. The number of Topliss-reactive ketones (excluding diaryl/α,β-unsaturated/α-hetero) is 1. The van der Waals surface area contributed by atoms with Gasteiger partial charge in [-0.15, -0.1) is 0 Å². The molecule has 0 bridgehead atoms. The highest BCUT2D eigenvalue weighted by atomic mass is 35.5. The van der Waals surface area contributed by atoms with E-state index in [1.807, 2.05) is 18.2 Å². The normalized spacial score (nSPS) is 17.9. The summed E-state index contributed by atoms with van der Waals surface area (Å²) in [6, 6.07) is 12.7. The molecule has 0 amide bonds. The minimum atomic E-state index is -0.722. The summed E-state index contributed by atoms with van der Waals surface area (Å²) in [4.78, 5) is 25.5. The molecule has 1 aliphatic heterocycles. The second kappa shape index (κ2) is 9.58. The Balaban J connectivity index is 1.73. The first-order valence-corrected chi connectivity index (χ1v) is 10.9. The van der Waals surface area contributed by atoms with E-state index in [2.05, 4.69) is 0 Å². The van der Waals surface area contributed by atoms with Crippen LogP contribution in [-0.2, 0) is 25.7 Å².